The van der Waals surface area contributed by atoms with E-state index in [2.05, 4.69) is 61.2 Å². The van der Waals surface area contributed by atoms with Crippen LogP contribution in [0.3, 0.4) is 0 Å². The first-order valence-electron chi connectivity index (χ1n) is 9.28. The fourth-order valence-electron chi connectivity index (χ4n) is 3.10. The maximum Gasteiger partial charge on any atom is 0.149 e. The Morgan fingerprint density at radius 3 is 2.53 bits per heavy atom. The van der Waals surface area contributed by atoms with Gasteiger partial charge in [0.05, 0.1) is 23.7 Å². The number of aromatic amines is 1. The van der Waals surface area contributed by atoms with Gasteiger partial charge in [-0.2, -0.15) is 5.26 Å². The molecule has 0 amide bonds. The number of nitrogens with zero attached hydrogens (tertiary/aromatic N) is 2. The lowest BCUT2D eigenvalue weighted by Crippen LogP contribution is -1.99. The molecule has 4 aromatic rings. The number of aryl methyl sites for hydroxylation is 1. The van der Waals surface area contributed by atoms with Gasteiger partial charge in [0.25, 0.3) is 0 Å². The third kappa shape index (κ3) is 4.68. The molecule has 0 atom stereocenters. The van der Waals surface area contributed by atoms with Crippen molar-refractivity contribution in [2.24, 2.45) is 0 Å². The van der Waals surface area contributed by atoms with E-state index < -0.39 is 0 Å². The molecule has 0 bridgehead atoms. The van der Waals surface area contributed by atoms with Crippen molar-refractivity contribution >= 4 is 67.9 Å². The van der Waals surface area contributed by atoms with Gasteiger partial charge in [0.1, 0.15) is 24.3 Å². The van der Waals surface area contributed by atoms with Gasteiger partial charge in [-0.05, 0) is 99.1 Å². The molecular weight excluding hydrogens is 600 g/mol. The fraction of sp³-hybridized carbons (Fsp3) is 0.0833. The monoisotopic (exact) mass is 617 g/mol. The second-order valence-electron chi connectivity index (χ2n) is 6.86. The summed E-state index contributed by atoms with van der Waals surface area (Å²) >= 11 is 4.56. The highest BCUT2D eigenvalue weighted by Crippen LogP contribution is 2.31. The molecule has 1 N–H and O–H groups in total. The Balaban J connectivity index is 1.62. The highest BCUT2D eigenvalue weighted by Gasteiger charge is 2.12. The molecule has 0 radical (unpaired) electrons. The van der Waals surface area contributed by atoms with Crippen LogP contribution in [-0.4, -0.2) is 9.97 Å². The molecule has 0 unspecified atom stereocenters. The minimum atomic E-state index is 0.494. The number of imidazole rings is 1. The van der Waals surface area contributed by atoms with E-state index in [0.717, 1.165) is 40.6 Å². The second kappa shape index (κ2) is 9.18. The Bertz CT molecular complexity index is 1260. The summed E-state index contributed by atoms with van der Waals surface area (Å²) < 4.78 is 8.05. The summed E-state index contributed by atoms with van der Waals surface area (Å²) in [6, 6.07) is 22.4. The molecule has 1 heterocycles. The summed E-state index contributed by atoms with van der Waals surface area (Å²) in [7, 11) is 0. The minimum Gasteiger partial charge on any atom is -0.487 e. The lowest BCUT2D eigenvalue weighted by Gasteiger charge is -2.11. The number of nitriles is 1. The number of halogens is 2. The average Bonchev–Trinajstić information content (AvgIpc) is 3.15. The fourth-order valence-corrected chi connectivity index (χ4v) is 5.23. The zero-order valence-corrected chi connectivity index (χ0v) is 20.4. The third-order valence-corrected chi connectivity index (χ3v) is 6.17. The van der Waals surface area contributed by atoms with Crippen LogP contribution in [0.1, 0.15) is 22.5 Å². The number of aromatic nitrogens is 2. The van der Waals surface area contributed by atoms with E-state index >= 15 is 0 Å². The summed E-state index contributed by atoms with van der Waals surface area (Å²) in [6.07, 6.45) is 1.86. The van der Waals surface area contributed by atoms with Crippen molar-refractivity contribution in [2.75, 3.05) is 0 Å². The first kappa shape index (κ1) is 20.9. The number of hydrogen-bond donors (Lipinski definition) is 1. The van der Waals surface area contributed by atoms with Crippen molar-refractivity contribution in [3.8, 4) is 11.8 Å². The normalized spacial score (nSPS) is 11.5. The van der Waals surface area contributed by atoms with E-state index in [0.29, 0.717) is 18.0 Å². The van der Waals surface area contributed by atoms with Crippen LogP contribution in [0.4, 0.5) is 0 Å². The van der Waals surface area contributed by atoms with Gasteiger partial charge >= 0.3 is 0 Å². The van der Waals surface area contributed by atoms with Crippen molar-refractivity contribution in [3.63, 3.8) is 0 Å². The number of hydrogen-bond acceptors (Lipinski definition) is 3. The summed E-state index contributed by atoms with van der Waals surface area (Å²) in [4.78, 5) is 7.83. The summed E-state index contributed by atoms with van der Waals surface area (Å²) in [5.41, 5.74) is 5.48. The number of allylic oxidation sites excluding steroid dienone is 1. The Hall–Kier alpha value is -2.38. The molecule has 148 valence electrons. The molecule has 0 aliphatic heterocycles. The van der Waals surface area contributed by atoms with E-state index in [4.69, 9.17) is 4.74 Å². The van der Waals surface area contributed by atoms with Gasteiger partial charge in [-0.15, -0.1) is 0 Å². The molecule has 4 rings (SSSR count). The van der Waals surface area contributed by atoms with Crippen molar-refractivity contribution in [3.05, 3.63) is 90.3 Å². The number of rotatable bonds is 5. The topological polar surface area (TPSA) is 61.7 Å². The van der Waals surface area contributed by atoms with Crippen molar-refractivity contribution in [1.82, 2.24) is 9.97 Å². The smallest absolute Gasteiger partial charge is 0.149 e. The maximum absolute atomic E-state index is 9.72. The van der Waals surface area contributed by atoms with E-state index in [1.54, 1.807) is 0 Å². The van der Waals surface area contributed by atoms with Crippen molar-refractivity contribution in [1.29, 1.82) is 5.26 Å². The second-order valence-corrected chi connectivity index (χ2v) is 9.19. The molecule has 1 aromatic heterocycles. The zero-order valence-electron chi connectivity index (χ0n) is 16.1. The van der Waals surface area contributed by atoms with Crippen LogP contribution >= 0.6 is 45.2 Å². The summed E-state index contributed by atoms with van der Waals surface area (Å²) in [6.45, 7) is 2.55. The molecule has 4 nitrogen and oxygen atoms in total. The maximum atomic E-state index is 9.72. The SMILES string of the molecule is Cc1ccc2nc(/C(C#N)=C\c3cc(I)c(OCc4ccccc4)c(I)c3)[nH]c2c1. The van der Waals surface area contributed by atoms with Gasteiger partial charge in [0, 0.05) is 0 Å². The quantitative estimate of drug-likeness (QED) is 0.200. The first-order chi connectivity index (χ1) is 14.5. The van der Waals surface area contributed by atoms with Gasteiger partial charge in [-0.3, -0.25) is 0 Å². The molecule has 6 heteroatoms. The lowest BCUT2D eigenvalue weighted by atomic mass is 10.1. The van der Waals surface area contributed by atoms with E-state index in [9.17, 15) is 5.26 Å². The van der Waals surface area contributed by atoms with Crippen LogP contribution in [0.25, 0.3) is 22.7 Å². The molecule has 0 fully saturated rings. The van der Waals surface area contributed by atoms with Crippen LogP contribution in [0.5, 0.6) is 5.75 Å². The average molecular weight is 617 g/mol. The number of fused-ring (bicyclic) bond motifs is 1. The van der Waals surface area contributed by atoms with E-state index in [1.807, 2.05) is 73.7 Å². The standard InChI is InChI=1S/C24H17I2N3O/c1-15-7-8-21-22(9-15)29-24(28-21)18(13-27)10-17-11-19(25)23(20(26)12-17)30-14-16-5-3-2-4-6-16/h2-12H,14H2,1H3,(H,28,29)/b18-10-. The van der Waals surface area contributed by atoms with Crippen LogP contribution in [-0.2, 0) is 6.61 Å². The lowest BCUT2D eigenvalue weighted by molar-refractivity contribution is 0.302. The first-order valence-corrected chi connectivity index (χ1v) is 11.4. The number of H-pyrrole nitrogens is 1. The number of nitrogens with one attached hydrogen (secondary N) is 1. The van der Waals surface area contributed by atoms with Gasteiger partial charge in [0.2, 0.25) is 0 Å². The summed E-state index contributed by atoms with van der Waals surface area (Å²) in [5.74, 6) is 1.43. The van der Waals surface area contributed by atoms with Gasteiger partial charge in [-0.1, -0.05) is 36.4 Å². The summed E-state index contributed by atoms with van der Waals surface area (Å²) in [5, 5.41) is 9.72. The zero-order chi connectivity index (χ0) is 21.1. The molecule has 30 heavy (non-hydrogen) atoms. The number of ether oxygens (including phenoxy) is 1. The Morgan fingerprint density at radius 2 is 1.83 bits per heavy atom. The molecular formula is C24H17I2N3O. The predicted octanol–water partition coefficient (Wildman–Crippen LogP) is 6.72. The third-order valence-electron chi connectivity index (χ3n) is 4.57. The Morgan fingerprint density at radius 1 is 1.10 bits per heavy atom. The van der Waals surface area contributed by atoms with Crippen molar-refractivity contribution in [2.45, 2.75) is 13.5 Å². The van der Waals surface area contributed by atoms with Crippen LogP contribution in [0.2, 0.25) is 0 Å². The van der Waals surface area contributed by atoms with Gasteiger partial charge in [0.15, 0.2) is 0 Å². The predicted molar refractivity (Wildman–Crippen MR) is 137 cm³/mol. The number of benzene rings is 3. The molecule has 0 spiro atoms. The van der Waals surface area contributed by atoms with Crippen molar-refractivity contribution < 1.29 is 4.74 Å². The molecule has 0 aliphatic carbocycles. The molecule has 0 saturated heterocycles. The van der Waals surface area contributed by atoms with Crippen LogP contribution < -0.4 is 4.74 Å². The Labute approximate surface area is 202 Å². The van der Waals surface area contributed by atoms with Gasteiger partial charge < -0.3 is 9.72 Å². The largest absolute Gasteiger partial charge is 0.487 e. The molecule has 3 aromatic carbocycles. The van der Waals surface area contributed by atoms with Crippen LogP contribution in [0, 0.1) is 25.4 Å². The van der Waals surface area contributed by atoms with Gasteiger partial charge in [-0.25, -0.2) is 4.98 Å². The van der Waals surface area contributed by atoms with E-state index in [1.165, 1.54) is 0 Å². The molecule has 0 aliphatic rings. The Kier molecular flexibility index (Phi) is 6.39. The van der Waals surface area contributed by atoms with Crippen LogP contribution in [0.15, 0.2) is 60.7 Å². The minimum absolute atomic E-state index is 0.494. The molecule has 0 saturated carbocycles. The highest BCUT2D eigenvalue weighted by molar-refractivity contribution is 14.1. The highest BCUT2D eigenvalue weighted by atomic mass is 127. The van der Waals surface area contributed by atoms with E-state index in [-0.39, 0.29) is 0 Å².